The molecule has 0 aliphatic carbocycles. The van der Waals surface area contributed by atoms with Gasteiger partial charge in [0, 0.05) is 90.8 Å². The quantitative estimate of drug-likeness (QED) is 0.290. The lowest BCUT2D eigenvalue weighted by Crippen LogP contribution is -2.03. The highest BCUT2D eigenvalue weighted by molar-refractivity contribution is 6.11. The number of rotatable bonds is 9. The molecule has 37 heavy (non-hydrogen) atoms. The standard InChI is InChI=1S/C28H26N8O/c1-30-15-23(13-29)25-11-22-16-33-28(34-24-6-2-4-20(10-24)17-36-9-8-32-19-36)35-26(22)12-27(25)37-18-21-5-3-7-31-14-21/h2-16,19H,17-18,29H2,1H3,(H,33,34,35). The van der Waals surface area contributed by atoms with E-state index < -0.39 is 0 Å². The highest BCUT2D eigenvalue weighted by Gasteiger charge is 2.13. The van der Waals surface area contributed by atoms with Gasteiger partial charge in [0.25, 0.3) is 0 Å². The van der Waals surface area contributed by atoms with Gasteiger partial charge in [0.1, 0.15) is 12.4 Å². The van der Waals surface area contributed by atoms with E-state index in [1.54, 1.807) is 44.4 Å². The van der Waals surface area contributed by atoms with Crippen molar-refractivity contribution in [2.24, 2.45) is 10.7 Å². The SMILES string of the molecule is CN=CC(=CN)c1cc2cnc(Nc3cccc(Cn4ccnc4)c3)nc2cc1OCc1cccnc1. The minimum atomic E-state index is 0.355. The molecule has 2 aromatic carbocycles. The largest absolute Gasteiger partial charge is 0.488 e. The average Bonchev–Trinajstić information content (AvgIpc) is 3.44. The van der Waals surface area contributed by atoms with Crippen molar-refractivity contribution in [1.29, 1.82) is 0 Å². The van der Waals surface area contributed by atoms with Crippen molar-refractivity contribution in [3.05, 3.63) is 109 Å². The van der Waals surface area contributed by atoms with Crippen LogP contribution in [0.5, 0.6) is 5.75 Å². The highest BCUT2D eigenvalue weighted by atomic mass is 16.5. The minimum absolute atomic E-state index is 0.355. The second-order valence-electron chi connectivity index (χ2n) is 8.32. The van der Waals surface area contributed by atoms with Crippen LogP contribution in [0, 0.1) is 0 Å². The van der Waals surface area contributed by atoms with Crippen LogP contribution in [0.3, 0.4) is 0 Å². The summed E-state index contributed by atoms with van der Waals surface area (Å²) in [5.74, 6) is 1.13. The van der Waals surface area contributed by atoms with Gasteiger partial charge in [0.2, 0.25) is 5.95 Å². The molecule has 0 bridgehead atoms. The number of benzene rings is 2. The van der Waals surface area contributed by atoms with Gasteiger partial charge in [-0.15, -0.1) is 0 Å². The number of nitrogens with zero attached hydrogens (tertiary/aromatic N) is 6. The van der Waals surface area contributed by atoms with Gasteiger partial charge in [0.15, 0.2) is 0 Å². The number of hydrogen-bond acceptors (Lipinski definition) is 8. The Kier molecular flexibility index (Phi) is 7.12. The van der Waals surface area contributed by atoms with Gasteiger partial charge in [-0.1, -0.05) is 18.2 Å². The Bertz CT molecular complexity index is 1550. The zero-order chi connectivity index (χ0) is 25.5. The van der Waals surface area contributed by atoms with Crippen LogP contribution < -0.4 is 15.8 Å². The lowest BCUT2D eigenvalue weighted by atomic mass is 10.0. The second kappa shape index (κ2) is 11.1. The first-order valence-corrected chi connectivity index (χ1v) is 11.7. The fraction of sp³-hybridized carbons (Fsp3) is 0.107. The third-order valence-electron chi connectivity index (χ3n) is 5.66. The maximum absolute atomic E-state index is 6.20. The summed E-state index contributed by atoms with van der Waals surface area (Å²) in [5.41, 5.74) is 11.2. The average molecular weight is 491 g/mol. The lowest BCUT2D eigenvalue weighted by Gasteiger charge is -2.14. The van der Waals surface area contributed by atoms with Gasteiger partial charge in [-0.3, -0.25) is 9.98 Å². The number of nitrogens with one attached hydrogen (secondary N) is 1. The van der Waals surface area contributed by atoms with Crippen molar-refractivity contribution in [2.75, 3.05) is 12.4 Å². The van der Waals surface area contributed by atoms with Crippen LogP contribution in [0.2, 0.25) is 0 Å². The molecule has 3 N–H and O–H groups in total. The molecule has 5 rings (SSSR count). The second-order valence-corrected chi connectivity index (χ2v) is 8.32. The predicted octanol–water partition coefficient (Wildman–Crippen LogP) is 4.59. The molecule has 0 aliphatic heterocycles. The first-order chi connectivity index (χ1) is 18.2. The molecule has 3 heterocycles. The summed E-state index contributed by atoms with van der Waals surface area (Å²) in [7, 11) is 1.70. The summed E-state index contributed by atoms with van der Waals surface area (Å²) in [6.07, 6.45) is 14.0. The summed E-state index contributed by atoms with van der Waals surface area (Å²) < 4.78 is 8.22. The normalized spacial score (nSPS) is 11.8. The molecular weight excluding hydrogens is 464 g/mol. The number of nitrogens with two attached hydrogens (primary N) is 1. The molecule has 0 atom stereocenters. The molecular formula is C28H26N8O. The number of imidazole rings is 1. The topological polar surface area (TPSA) is 116 Å². The third kappa shape index (κ3) is 5.79. The van der Waals surface area contributed by atoms with Crippen LogP contribution in [-0.4, -0.2) is 37.8 Å². The zero-order valence-electron chi connectivity index (χ0n) is 20.3. The molecule has 0 spiro atoms. The van der Waals surface area contributed by atoms with E-state index in [4.69, 9.17) is 15.5 Å². The van der Waals surface area contributed by atoms with Gasteiger partial charge in [-0.2, -0.15) is 0 Å². The number of ether oxygens (including phenoxy) is 1. The predicted molar refractivity (Wildman–Crippen MR) is 146 cm³/mol. The fourth-order valence-electron chi connectivity index (χ4n) is 3.92. The summed E-state index contributed by atoms with van der Waals surface area (Å²) >= 11 is 0. The molecule has 0 saturated heterocycles. The van der Waals surface area contributed by atoms with E-state index in [0.717, 1.165) is 45.4 Å². The smallest absolute Gasteiger partial charge is 0.227 e. The van der Waals surface area contributed by atoms with Gasteiger partial charge >= 0.3 is 0 Å². The molecule has 9 nitrogen and oxygen atoms in total. The van der Waals surface area contributed by atoms with E-state index in [1.807, 2.05) is 47.2 Å². The highest BCUT2D eigenvalue weighted by Crippen LogP contribution is 2.31. The molecule has 3 aromatic heterocycles. The summed E-state index contributed by atoms with van der Waals surface area (Å²) in [6, 6.07) is 15.8. The number of allylic oxidation sites excluding steroid dienone is 1. The number of hydrogen-bond donors (Lipinski definition) is 2. The molecule has 0 saturated carbocycles. The number of fused-ring (bicyclic) bond motifs is 1. The molecule has 0 amide bonds. The van der Waals surface area contributed by atoms with Gasteiger partial charge in [-0.25, -0.2) is 15.0 Å². The number of aliphatic imine (C=N–C) groups is 1. The number of pyridine rings is 1. The van der Waals surface area contributed by atoms with Crippen LogP contribution in [0.4, 0.5) is 11.6 Å². The minimum Gasteiger partial charge on any atom is -0.488 e. The van der Waals surface area contributed by atoms with Gasteiger partial charge < -0.3 is 20.4 Å². The van der Waals surface area contributed by atoms with Crippen LogP contribution >= 0.6 is 0 Å². The van der Waals surface area contributed by atoms with Crippen molar-refractivity contribution < 1.29 is 4.74 Å². The molecule has 0 aliphatic rings. The summed E-state index contributed by atoms with van der Waals surface area (Å²) in [4.78, 5) is 21.7. The van der Waals surface area contributed by atoms with Crippen molar-refractivity contribution in [3.63, 3.8) is 0 Å². The van der Waals surface area contributed by atoms with Crippen LogP contribution in [0.15, 0.2) is 97.0 Å². The lowest BCUT2D eigenvalue weighted by molar-refractivity contribution is 0.305. The summed E-state index contributed by atoms with van der Waals surface area (Å²) in [6.45, 7) is 1.08. The Morgan fingerprint density at radius 2 is 2.00 bits per heavy atom. The van der Waals surface area contributed by atoms with Crippen molar-refractivity contribution >= 4 is 34.3 Å². The monoisotopic (exact) mass is 490 g/mol. The fourth-order valence-corrected chi connectivity index (χ4v) is 3.92. The Morgan fingerprint density at radius 1 is 1.08 bits per heavy atom. The maximum atomic E-state index is 6.20. The number of aromatic nitrogens is 5. The van der Waals surface area contributed by atoms with Gasteiger partial charge in [-0.05, 0) is 29.8 Å². The van der Waals surface area contributed by atoms with Crippen molar-refractivity contribution in [1.82, 2.24) is 24.5 Å². The van der Waals surface area contributed by atoms with E-state index in [1.165, 1.54) is 6.20 Å². The van der Waals surface area contributed by atoms with E-state index in [-0.39, 0.29) is 0 Å². The third-order valence-corrected chi connectivity index (χ3v) is 5.66. The Hall–Kier alpha value is -5.05. The molecule has 0 radical (unpaired) electrons. The Balaban J connectivity index is 1.44. The van der Waals surface area contributed by atoms with Crippen LogP contribution in [0.1, 0.15) is 16.7 Å². The first-order valence-electron chi connectivity index (χ1n) is 11.7. The van der Waals surface area contributed by atoms with E-state index in [2.05, 4.69) is 37.4 Å². The van der Waals surface area contributed by atoms with Crippen LogP contribution in [-0.2, 0) is 13.2 Å². The van der Waals surface area contributed by atoms with Gasteiger partial charge in [0.05, 0.1) is 11.8 Å². The van der Waals surface area contributed by atoms with Crippen molar-refractivity contribution in [2.45, 2.75) is 13.2 Å². The van der Waals surface area contributed by atoms with E-state index in [0.29, 0.717) is 18.3 Å². The first kappa shape index (κ1) is 23.7. The zero-order valence-corrected chi connectivity index (χ0v) is 20.3. The van der Waals surface area contributed by atoms with E-state index in [9.17, 15) is 0 Å². The Labute approximate surface area is 214 Å². The molecule has 9 heteroatoms. The van der Waals surface area contributed by atoms with E-state index >= 15 is 0 Å². The molecule has 0 fully saturated rings. The Morgan fingerprint density at radius 3 is 2.78 bits per heavy atom. The molecule has 0 unspecified atom stereocenters. The van der Waals surface area contributed by atoms with Crippen molar-refractivity contribution in [3.8, 4) is 5.75 Å². The summed E-state index contributed by atoms with van der Waals surface area (Å²) in [5, 5.41) is 4.17. The maximum Gasteiger partial charge on any atom is 0.227 e. The number of anilines is 2. The van der Waals surface area contributed by atoms with Crippen LogP contribution in [0.25, 0.3) is 16.5 Å². The molecule has 5 aromatic rings. The molecule has 184 valence electrons.